The molecule has 1 aromatic carbocycles. The molecule has 1 heterocycles. The molecule has 19 heavy (non-hydrogen) atoms. The Morgan fingerprint density at radius 3 is 2.63 bits per heavy atom. The molecule has 5 heteroatoms. The number of nitrogens with one attached hydrogen (secondary N) is 1. The molecule has 2 nitrogen and oxygen atoms in total. The minimum absolute atomic E-state index is 0.0111. The molecule has 0 bridgehead atoms. The van der Waals surface area contributed by atoms with Gasteiger partial charge in [-0.1, -0.05) is 13.0 Å². The molecule has 0 aliphatic heterocycles. The fraction of sp³-hybridized carbons (Fsp3) is 0.286. The highest BCUT2D eigenvalue weighted by molar-refractivity contribution is 9.10. The molecule has 1 aromatic heterocycles. The lowest BCUT2D eigenvalue weighted by Crippen LogP contribution is -2.22. The van der Waals surface area contributed by atoms with Crippen LogP contribution in [-0.4, -0.2) is 6.54 Å². The predicted molar refractivity (Wildman–Crippen MR) is 72.9 cm³/mol. The second kappa shape index (κ2) is 6.30. The van der Waals surface area contributed by atoms with Crippen molar-refractivity contribution in [3.8, 4) is 0 Å². The number of hydrogen-bond donors (Lipinski definition) is 1. The van der Waals surface area contributed by atoms with Gasteiger partial charge in [-0.3, -0.25) is 0 Å². The molecule has 0 amide bonds. The number of halogens is 3. The number of benzene rings is 1. The maximum atomic E-state index is 13.2. The van der Waals surface area contributed by atoms with Crippen molar-refractivity contribution in [2.45, 2.75) is 19.4 Å². The average Bonchev–Trinajstić information content (AvgIpc) is 2.79. The zero-order chi connectivity index (χ0) is 13.8. The zero-order valence-electron chi connectivity index (χ0n) is 10.4. The Bertz CT molecular complexity index is 556. The lowest BCUT2D eigenvalue weighted by atomic mass is 10.0. The largest absolute Gasteiger partial charge is 0.457 e. The van der Waals surface area contributed by atoms with Gasteiger partial charge in [-0.15, -0.1) is 0 Å². The van der Waals surface area contributed by atoms with E-state index in [2.05, 4.69) is 21.2 Å². The van der Waals surface area contributed by atoms with Crippen LogP contribution in [0.25, 0.3) is 0 Å². The van der Waals surface area contributed by atoms with Crippen LogP contribution in [0.3, 0.4) is 0 Å². The summed E-state index contributed by atoms with van der Waals surface area (Å²) < 4.78 is 32.0. The minimum Gasteiger partial charge on any atom is -0.457 e. The summed E-state index contributed by atoms with van der Waals surface area (Å²) in [6.07, 6.45) is 2.15. The monoisotopic (exact) mass is 329 g/mol. The maximum Gasteiger partial charge on any atom is 0.173 e. The normalized spacial score (nSPS) is 12.6. The van der Waals surface area contributed by atoms with Gasteiger partial charge >= 0.3 is 0 Å². The molecule has 2 aromatic rings. The Morgan fingerprint density at radius 2 is 2.05 bits per heavy atom. The summed E-state index contributed by atoms with van der Waals surface area (Å²) in [5.41, 5.74) is 1.70. The summed E-state index contributed by atoms with van der Waals surface area (Å²) in [7, 11) is 0. The Balaban J connectivity index is 2.21. The van der Waals surface area contributed by atoms with Crippen LogP contribution in [0.15, 0.2) is 39.6 Å². The van der Waals surface area contributed by atoms with Gasteiger partial charge in [0.05, 0.1) is 6.26 Å². The third-order valence-corrected chi connectivity index (χ3v) is 3.54. The Labute approximate surface area is 118 Å². The van der Waals surface area contributed by atoms with Crippen molar-refractivity contribution in [3.63, 3.8) is 0 Å². The molecule has 0 aliphatic carbocycles. The molecular formula is C14H14BrF2NO. The lowest BCUT2D eigenvalue weighted by molar-refractivity contribution is 0.496. The first-order valence-electron chi connectivity index (χ1n) is 6.02. The fourth-order valence-electron chi connectivity index (χ4n) is 1.99. The number of furan rings is 1. The Kier molecular flexibility index (Phi) is 4.71. The van der Waals surface area contributed by atoms with Crippen molar-refractivity contribution in [2.24, 2.45) is 0 Å². The molecule has 0 saturated carbocycles. The van der Waals surface area contributed by atoms with Crippen molar-refractivity contribution in [2.75, 3.05) is 6.54 Å². The van der Waals surface area contributed by atoms with E-state index in [0.29, 0.717) is 11.1 Å². The van der Waals surface area contributed by atoms with E-state index >= 15 is 0 Å². The van der Waals surface area contributed by atoms with Crippen molar-refractivity contribution >= 4 is 15.9 Å². The van der Waals surface area contributed by atoms with Crippen LogP contribution in [0.5, 0.6) is 0 Å². The highest BCUT2D eigenvalue weighted by Gasteiger charge is 2.17. The van der Waals surface area contributed by atoms with Gasteiger partial charge in [-0.2, -0.15) is 0 Å². The molecule has 102 valence electrons. The first kappa shape index (κ1) is 14.2. The van der Waals surface area contributed by atoms with Gasteiger partial charge in [-0.25, -0.2) is 8.78 Å². The van der Waals surface area contributed by atoms with Crippen LogP contribution in [0, 0.1) is 11.6 Å². The third kappa shape index (κ3) is 3.42. The number of hydrogen-bond acceptors (Lipinski definition) is 2. The van der Waals surface area contributed by atoms with Gasteiger partial charge in [0.1, 0.15) is 0 Å². The quantitative estimate of drug-likeness (QED) is 0.888. The first-order chi connectivity index (χ1) is 9.11. The molecule has 0 radical (unpaired) electrons. The number of likely N-dealkylation sites (N-methyl/N-ethyl adjacent to an activating group) is 1. The Hall–Kier alpha value is -1.20. The highest BCUT2D eigenvalue weighted by atomic mass is 79.9. The van der Waals surface area contributed by atoms with E-state index in [1.807, 2.05) is 13.0 Å². The molecule has 0 spiro atoms. The van der Waals surface area contributed by atoms with E-state index < -0.39 is 11.6 Å². The van der Waals surface area contributed by atoms with Gasteiger partial charge in [0.2, 0.25) is 0 Å². The predicted octanol–water partition coefficient (Wildman–Crippen LogP) is 4.21. The molecular weight excluding hydrogens is 316 g/mol. The molecule has 0 fully saturated rings. The van der Waals surface area contributed by atoms with E-state index in [-0.39, 0.29) is 6.04 Å². The van der Waals surface area contributed by atoms with Crippen LogP contribution in [-0.2, 0) is 6.42 Å². The molecule has 1 unspecified atom stereocenters. The molecule has 1 atom stereocenters. The van der Waals surface area contributed by atoms with Crippen molar-refractivity contribution in [3.05, 3.63) is 58.0 Å². The van der Waals surface area contributed by atoms with Crippen LogP contribution >= 0.6 is 15.9 Å². The van der Waals surface area contributed by atoms with Crippen molar-refractivity contribution in [1.29, 1.82) is 0 Å². The van der Waals surface area contributed by atoms with Gasteiger partial charge in [0.25, 0.3) is 0 Å². The standard InChI is InChI=1S/C14H14BrF2NO/c1-2-18-13(10-5-6-19-14(10)15)8-9-3-4-11(16)12(17)7-9/h3-7,13,18H,2,8H2,1H3. The van der Waals surface area contributed by atoms with Gasteiger partial charge in [0.15, 0.2) is 16.3 Å². The SMILES string of the molecule is CCNC(Cc1ccc(F)c(F)c1)c1ccoc1Br. The van der Waals surface area contributed by atoms with Crippen LogP contribution in [0.4, 0.5) is 8.78 Å². The topological polar surface area (TPSA) is 25.2 Å². The van der Waals surface area contributed by atoms with Gasteiger partial charge in [0, 0.05) is 11.6 Å². The van der Waals surface area contributed by atoms with E-state index in [1.54, 1.807) is 12.3 Å². The minimum atomic E-state index is -0.826. The summed E-state index contributed by atoms with van der Waals surface area (Å²) in [4.78, 5) is 0. The molecule has 0 saturated heterocycles. The summed E-state index contributed by atoms with van der Waals surface area (Å²) in [6.45, 7) is 2.76. The first-order valence-corrected chi connectivity index (χ1v) is 6.81. The zero-order valence-corrected chi connectivity index (χ0v) is 12.0. The van der Waals surface area contributed by atoms with E-state index in [9.17, 15) is 8.78 Å². The Morgan fingerprint density at radius 1 is 1.26 bits per heavy atom. The van der Waals surface area contributed by atoms with Crippen molar-refractivity contribution in [1.82, 2.24) is 5.32 Å². The molecule has 1 N–H and O–H groups in total. The van der Waals surface area contributed by atoms with Crippen LogP contribution in [0.1, 0.15) is 24.1 Å². The summed E-state index contributed by atoms with van der Waals surface area (Å²) in [5.74, 6) is -1.65. The van der Waals surface area contributed by atoms with E-state index in [0.717, 1.165) is 23.7 Å². The van der Waals surface area contributed by atoms with Gasteiger partial charge < -0.3 is 9.73 Å². The maximum absolute atomic E-state index is 13.2. The average molecular weight is 330 g/mol. The van der Waals surface area contributed by atoms with Crippen LogP contribution in [0.2, 0.25) is 0 Å². The smallest absolute Gasteiger partial charge is 0.173 e. The number of rotatable bonds is 5. The molecule has 0 aliphatic rings. The fourth-order valence-corrected chi connectivity index (χ4v) is 2.51. The molecule has 2 rings (SSSR count). The third-order valence-electron chi connectivity index (χ3n) is 2.90. The van der Waals surface area contributed by atoms with E-state index in [4.69, 9.17) is 4.42 Å². The summed E-state index contributed by atoms with van der Waals surface area (Å²) in [6, 6.07) is 5.82. The van der Waals surface area contributed by atoms with E-state index in [1.165, 1.54) is 6.07 Å². The highest BCUT2D eigenvalue weighted by Crippen LogP contribution is 2.27. The second-order valence-corrected chi connectivity index (χ2v) is 4.93. The van der Waals surface area contributed by atoms with Gasteiger partial charge in [-0.05, 0) is 52.7 Å². The second-order valence-electron chi connectivity index (χ2n) is 4.21. The van der Waals surface area contributed by atoms with Crippen molar-refractivity contribution < 1.29 is 13.2 Å². The lowest BCUT2D eigenvalue weighted by Gasteiger charge is -2.17. The summed E-state index contributed by atoms with van der Waals surface area (Å²) in [5, 5.41) is 3.30. The summed E-state index contributed by atoms with van der Waals surface area (Å²) >= 11 is 3.34. The van der Waals surface area contributed by atoms with Crippen LogP contribution < -0.4 is 5.32 Å².